The number of halogens is 1. The monoisotopic (exact) mass is 513 g/mol. The number of nitrogens with one attached hydrogen (secondary N) is 1. The lowest BCUT2D eigenvalue weighted by molar-refractivity contribution is -0.133. The Labute approximate surface area is 211 Å². The van der Waals surface area contributed by atoms with Crippen molar-refractivity contribution in [2.24, 2.45) is 0 Å². The highest BCUT2D eigenvalue weighted by molar-refractivity contribution is 7.89. The van der Waals surface area contributed by atoms with Crippen molar-refractivity contribution < 1.29 is 17.9 Å². The third-order valence-electron chi connectivity index (χ3n) is 5.93. The van der Waals surface area contributed by atoms with Crippen LogP contribution in [0.5, 0.6) is 5.75 Å². The van der Waals surface area contributed by atoms with Gasteiger partial charge in [0.15, 0.2) is 6.61 Å². The summed E-state index contributed by atoms with van der Waals surface area (Å²) in [5.41, 5.74) is 1.92. The smallest absolute Gasteiger partial charge is 0.260 e. The summed E-state index contributed by atoms with van der Waals surface area (Å²) in [6.45, 7) is 4.31. The van der Waals surface area contributed by atoms with E-state index in [1.54, 1.807) is 24.0 Å². The summed E-state index contributed by atoms with van der Waals surface area (Å²) < 4.78 is 33.8. The fourth-order valence-electron chi connectivity index (χ4n) is 3.95. The largest absolute Gasteiger partial charge is 0.484 e. The van der Waals surface area contributed by atoms with Gasteiger partial charge >= 0.3 is 0 Å². The molecule has 35 heavy (non-hydrogen) atoms. The summed E-state index contributed by atoms with van der Waals surface area (Å²) in [5.74, 6) is 0.330. The van der Waals surface area contributed by atoms with Crippen LogP contribution in [0.25, 0.3) is 0 Å². The van der Waals surface area contributed by atoms with Gasteiger partial charge in [-0.3, -0.25) is 4.79 Å². The minimum absolute atomic E-state index is 0.105. The van der Waals surface area contributed by atoms with Gasteiger partial charge in [0.2, 0.25) is 10.0 Å². The number of hydrogen-bond acceptors (Lipinski definition) is 5. The van der Waals surface area contributed by atoms with E-state index in [0.29, 0.717) is 37.0 Å². The van der Waals surface area contributed by atoms with Crippen LogP contribution in [0.15, 0.2) is 83.8 Å². The minimum atomic E-state index is -3.70. The number of sulfonamides is 1. The highest BCUT2D eigenvalue weighted by Crippen LogP contribution is 2.22. The van der Waals surface area contributed by atoms with Crippen LogP contribution >= 0.6 is 11.6 Å². The molecular weight excluding hydrogens is 486 g/mol. The summed E-state index contributed by atoms with van der Waals surface area (Å²) in [6, 6.07) is 22.8. The van der Waals surface area contributed by atoms with Gasteiger partial charge in [0, 0.05) is 42.9 Å². The van der Waals surface area contributed by atoms with Crippen molar-refractivity contribution in [2.75, 3.05) is 37.7 Å². The first kappa shape index (κ1) is 25.0. The molecule has 7 nitrogen and oxygen atoms in total. The molecule has 1 heterocycles. The molecule has 0 unspecified atom stereocenters. The quantitative estimate of drug-likeness (QED) is 0.490. The van der Waals surface area contributed by atoms with Crippen LogP contribution in [-0.4, -0.2) is 52.0 Å². The van der Waals surface area contributed by atoms with Gasteiger partial charge in [-0.25, -0.2) is 13.1 Å². The molecule has 184 valence electrons. The van der Waals surface area contributed by atoms with E-state index in [9.17, 15) is 13.2 Å². The van der Waals surface area contributed by atoms with Crippen molar-refractivity contribution in [2.45, 2.75) is 17.9 Å². The second-order valence-corrected chi connectivity index (χ2v) is 10.5. The van der Waals surface area contributed by atoms with Gasteiger partial charge < -0.3 is 14.5 Å². The molecule has 1 atom stereocenters. The van der Waals surface area contributed by atoms with Gasteiger partial charge in [0.25, 0.3) is 5.91 Å². The lowest BCUT2D eigenvalue weighted by Crippen LogP contribution is -2.50. The number of hydrogen-bond donors (Lipinski definition) is 1. The summed E-state index contributed by atoms with van der Waals surface area (Å²) in [7, 11) is -3.70. The Morgan fingerprint density at radius 1 is 0.971 bits per heavy atom. The molecule has 1 N–H and O–H groups in total. The molecule has 4 rings (SSSR count). The van der Waals surface area contributed by atoms with E-state index in [4.69, 9.17) is 16.3 Å². The first-order valence-corrected chi connectivity index (χ1v) is 13.3. The molecule has 1 fully saturated rings. The maximum atomic E-state index is 12.7. The van der Waals surface area contributed by atoms with Crippen LogP contribution in [0.1, 0.15) is 18.5 Å². The predicted octanol–water partition coefficient (Wildman–Crippen LogP) is 4.11. The van der Waals surface area contributed by atoms with Gasteiger partial charge in [0.05, 0.1) is 4.90 Å². The summed E-state index contributed by atoms with van der Waals surface area (Å²) in [4.78, 5) is 16.7. The molecule has 1 saturated heterocycles. The van der Waals surface area contributed by atoms with E-state index < -0.39 is 10.0 Å². The maximum absolute atomic E-state index is 12.7. The fraction of sp³-hybridized carbons (Fsp3) is 0.269. The molecule has 0 aromatic heterocycles. The van der Waals surface area contributed by atoms with Gasteiger partial charge in [-0.1, -0.05) is 48.0 Å². The van der Waals surface area contributed by atoms with Crippen LogP contribution < -0.4 is 14.4 Å². The van der Waals surface area contributed by atoms with E-state index in [2.05, 4.69) is 9.62 Å². The number of anilines is 1. The van der Waals surface area contributed by atoms with Crippen LogP contribution in [0.3, 0.4) is 0 Å². The first-order chi connectivity index (χ1) is 16.8. The van der Waals surface area contributed by atoms with Crippen molar-refractivity contribution in [1.29, 1.82) is 0 Å². The standard InChI is InChI=1S/C26H28ClN3O4S/c1-20(21-6-3-2-4-7-21)28-35(32,33)25-12-10-24(11-13-25)34-19-26(31)30-16-14-29(15-17-30)23-9-5-8-22(27)18-23/h2-13,18,20,28H,14-17,19H2,1H3/t20-/m1/s1. The van der Waals surface area contributed by atoms with Crippen molar-refractivity contribution >= 4 is 33.2 Å². The number of amides is 1. The predicted molar refractivity (Wildman–Crippen MR) is 137 cm³/mol. The Bertz CT molecular complexity index is 1250. The van der Waals surface area contributed by atoms with Crippen LogP contribution in [0, 0.1) is 0 Å². The Morgan fingerprint density at radius 2 is 1.66 bits per heavy atom. The van der Waals surface area contributed by atoms with Crippen molar-refractivity contribution in [3.05, 3.63) is 89.4 Å². The Kier molecular flexibility index (Phi) is 7.95. The molecule has 0 spiro atoms. The Hall–Kier alpha value is -3.07. The molecule has 0 saturated carbocycles. The van der Waals surface area contributed by atoms with Gasteiger partial charge in [-0.15, -0.1) is 0 Å². The topological polar surface area (TPSA) is 78.9 Å². The van der Waals surface area contributed by atoms with Gasteiger partial charge in [-0.05, 0) is 55.0 Å². The lowest BCUT2D eigenvalue weighted by atomic mass is 10.1. The second kappa shape index (κ2) is 11.1. The minimum Gasteiger partial charge on any atom is -0.484 e. The van der Waals surface area contributed by atoms with Crippen molar-refractivity contribution in [3.8, 4) is 5.75 Å². The number of benzene rings is 3. The first-order valence-electron chi connectivity index (χ1n) is 11.4. The summed E-state index contributed by atoms with van der Waals surface area (Å²) in [6.07, 6.45) is 0. The van der Waals surface area contributed by atoms with E-state index >= 15 is 0 Å². The third kappa shape index (κ3) is 6.54. The van der Waals surface area contributed by atoms with E-state index in [1.807, 2.05) is 54.6 Å². The molecule has 0 bridgehead atoms. The normalized spacial score (nSPS) is 15.0. The average Bonchev–Trinajstić information content (AvgIpc) is 2.88. The number of ether oxygens (including phenoxy) is 1. The number of rotatable bonds is 8. The molecule has 0 radical (unpaired) electrons. The van der Waals surface area contributed by atoms with Crippen molar-refractivity contribution in [1.82, 2.24) is 9.62 Å². The summed E-state index contributed by atoms with van der Waals surface area (Å²) in [5, 5.41) is 0.690. The highest BCUT2D eigenvalue weighted by Gasteiger charge is 2.22. The number of piperazine rings is 1. The van der Waals surface area contributed by atoms with Crippen LogP contribution in [-0.2, 0) is 14.8 Å². The lowest BCUT2D eigenvalue weighted by Gasteiger charge is -2.36. The molecule has 1 aliphatic heterocycles. The van der Waals surface area contributed by atoms with Crippen LogP contribution in [0.2, 0.25) is 5.02 Å². The van der Waals surface area contributed by atoms with Crippen molar-refractivity contribution in [3.63, 3.8) is 0 Å². The zero-order chi connectivity index (χ0) is 24.8. The van der Waals surface area contributed by atoms with E-state index in [1.165, 1.54) is 12.1 Å². The molecule has 3 aromatic rings. The molecule has 1 aliphatic rings. The molecule has 0 aliphatic carbocycles. The number of carbonyl (C=O) groups is 1. The molecule has 1 amide bonds. The Balaban J connectivity index is 1.27. The van der Waals surface area contributed by atoms with E-state index in [0.717, 1.165) is 11.3 Å². The Morgan fingerprint density at radius 3 is 2.31 bits per heavy atom. The SMILES string of the molecule is C[C@@H](NS(=O)(=O)c1ccc(OCC(=O)N2CCN(c3cccc(Cl)c3)CC2)cc1)c1ccccc1. The van der Waals surface area contributed by atoms with E-state index in [-0.39, 0.29) is 23.5 Å². The zero-order valence-corrected chi connectivity index (χ0v) is 21.0. The second-order valence-electron chi connectivity index (χ2n) is 8.36. The molecule has 3 aromatic carbocycles. The summed E-state index contributed by atoms with van der Waals surface area (Å²) >= 11 is 6.08. The average molecular weight is 514 g/mol. The highest BCUT2D eigenvalue weighted by atomic mass is 35.5. The number of nitrogens with zero attached hydrogens (tertiary/aromatic N) is 2. The molecule has 9 heteroatoms. The molecular formula is C26H28ClN3O4S. The zero-order valence-electron chi connectivity index (χ0n) is 19.4. The van der Waals surface area contributed by atoms with Gasteiger partial charge in [0.1, 0.15) is 5.75 Å². The maximum Gasteiger partial charge on any atom is 0.260 e. The third-order valence-corrected chi connectivity index (χ3v) is 7.73. The van der Waals surface area contributed by atoms with Crippen LogP contribution in [0.4, 0.5) is 5.69 Å². The number of carbonyl (C=O) groups excluding carboxylic acids is 1. The van der Waals surface area contributed by atoms with Gasteiger partial charge in [-0.2, -0.15) is 0 Å². The fourth-order valence-corrected chi connectivity index (χ4v) is 5.37.